The second-order valence-corrected chi connectivity index (χ2v) is 7.05. The van der Waals surface area contributed by atoms with E-state index in [2.05, 4.69) is 16.2 Å². The van der Waals surface area contributed by atoms with Crippen molar-refractivity contribution in [1.29, 1.82) is 5.41 Å². The normalized spacial score (nSPS) is 17.7. The number of rotatable bonds is 7. The van der Waals surface area contributed by atoms with Gasteiger partial charge in [0, 0.05) is 35.0 Å². The number of aldehydes is 1. The molecule has 0 bridgehead atoms. The van der Waals surface area contributed by atoms with Crippen LogP contribution in [0.15, 0.2) is 42.6 Å². The van der Waals surface area contributed by atoms with Crippen LogP contribution >= 0.6 is 0 Å². The number of nitrogens with zero attached hydrogens (tertiary/aromatic N) is 2. The molecule has 1 heterocycles. The highest BCUT2D eigenvalue weighted by molar-refractivity contribution is 6.44. The predicted octanol–water partition coefficient (Wildman–Crippen LogP) is 1.16. The summed E-state index contributed by atoms with van der Waals surface area (Å²) in [7, 11) is 3.92. The summed E-state index contributed by atoms with van der Waals surface area (Å²) < 4.78 is 0. The van der Waals surface area contributed by atoms with Crippen molar-refractivity contribution in [2.75, 3.05) is 19.4 Å². The summed E-state index contributed by atoms with van der Waals surface area (Å²) in [6.07, 6.45) is 7.73. The summed E-state index contributed by atoms with van der Waals surface area (Å²) in [6, 6.07) is 10.8. The number of carbonyl (C=O) groups excluding carboxylic acids is 2. The SMILES string of the molecule is C#Cc1cccc(Nc2ncccc2C(=N)C(N)=O)c1.CN(C)C1CC1C(O)C=O. The number of aliphatic hydroxyl groups excluding tert-OH is 1. The average Bonchev–Trinajstić information content (AvgIpc) is 3.55. The number of carbonyl (C=O) groups is 2. The summed E-state index contributed by atoms with van der Waals surface area (Å²) in [6.45, 7) is 0. The zero-order chi connectivity index (χ0) is 22.3. The first-order valence-corrected chi connectivity index (χ1v) is 9.25. The number of terminal acetylenes is 1. The fourth-order valence-electron chi connectivity index (χ4n) is 2.92. The lowest BCUT2D eigenvalue weighted by atomic mass is 10.1. The number of nitrogens with one attached hydrogen (secondary N) is 2. The second kappa shape index (κ2) is 10.3. The molecule has 1 aliphatic rings. The molecule has 3 rings (SSSR count). The van der Waals surface area contributed by atoms with Crippen LogP contribution in [0.2, 0.25) is 0 Å². The largest absolute Gasteiger partial charge is 0.385 e. The van der Waals surface area contributed by atoms with Gasteiger partial charge in [-0.25, -0.2) is 4.98 Å². The van der Waals surface area contributed by atoms with Crippen LogP contribution in [-0.4, -0.2) is 59.1 Å². The first-order valence-electron chi connectivity index (χ1n) is 9.25. The minimum atomic E-state index is -0.807. The molecule has 30 heavy (non-hydrogen) atoms. The van der Waals surface area contributed by atoms with E-state index in [1.54, 1.807) is 36.5 Å². The summed E-state index contributed by atoms with van der Waals surface area (Å²) in [5.74, 6) is 2.29. The van der Waals surface area contributed by atoms with Crippen molar-refractivity contribution in [2.45, 2.75) is 18.6 Å². The number of anilines is 2. The topological polar surface area (TPSA) is 132 Å². The highest BCUT2D eigenvalue weighted by atomic mass is 16.3. The van der Waals surface area contributed by atoms with Gasteiger partial charge in [-0.1, -0.05) is 12.0 Å². The molecule has 1 saturated carbocycles. The molecule has 5 N–H and O–H groups in total. The van der Waals surface area contributed by atoms with Gasteiger partial charge in [0.05, 0.1) is 0 Å². The number of nitrogens with two attached hydrogens (primary N) is 1. The van der Waals surface area contributed by atoms with Gasteiger partial charge in [-0.15, -0.1) is 6.42 Å². The lowest BCUT2D eigenvalue weighted by molar-refractivity contribution is -0.116. The Morgan fingerprint density at radius 1 is 1.43 bits per heavy atom. The first kappa shape index (κ1) is 22.7. The van der Waals surface area contributed by atoms with Crippen LogP contribution < -0.4 is 11.1 Å². The fourth-order valence-corrected chi connectivity index (χ4v) is 2.92. The van der Waals surface area contributed by atoms with E-state index in [0.29, 0.717) is 23.7 Å². The molecular weight excluding hydrogens is 382 g/mol. The van der Waals surface area contributed by atoms with Crippen LogP contribution in [0.3, 0.4) is 0 Å². The van der Waals surface area contributed by atoms with Gasteiger partial charge in [0.25, 0.3) is 5.91 Å². The summed E-state index contributed by atoms with van der Waals surface area (Å²) >= 11 is 0. The maximum atomic E-state index is 11.1. The summed E-state index contributed by atoms with van der Waals surface area (Å²) in [5.41, 5.74) is 6.61. The smallest absolute Gasteiger partial charge is 0.267 e. The van der Waals surface area contributed by atoms with Crippen LogP contribution in [0.25, 0.3) is 0 Å². The van der Waals surface area contributed by atoms with E-state index in [0.717, 1.165) is 17.7 Å². The van der Waals surface area contributed by atoms with Crippen LogP contribution in [0.4, 0.5) is 11.5 Å². The van der Waals surface area contributed by atoms with Crippen molar-refractivity contribution in [3.8, 4) is 12.3 Å². The maximum Gasteiger partial charge on any atom is 0.267 e. The van der Waals surface area contributed by atoms with Crippen molar-refractivity contribution in [3.05, 3.63) is 53.7 Å². The van der Waals surface area contributed by atoms with Gasteiger partial charge >= 0.3 is 0 Å². The number of hydrogen-bond donors (Lipinski definition) is 4. The molecule has 3 unspecified atom stereocenters. The monoisotopic (exact) mass is 407 g/mol. The Balaban J connectivity index is 0.000000269. The minimum absolute atomic E-state index is 0.187. The van der Waals surface area contributed by atoms with Crippen LogP contribution in [0.1, 0.15) is 17.5 Å². The molecular formula is C22H25N5O3. The zero-order valence-electron chi connectivity index (χ0n) is 16.9. The summed E-state index contributed by atoms with van der Waals surface area (Å²) in [5, 5.41) is 19.7. The Morgan fingerprint density at radius 2 is 2.17 bits per heavy atom. The Kier molecular flexibility index (Phi) is 7.81. The van der Waals surface area contributed by atoms with Gasteiger partial charge in [-0.2, -0.15) is 0 Å². The van der Waals surface area contributed by atoms with Gasteiger partial charge < -0.3 is 25.9 Å². The quantitative estimate of drug-likeness (QED) is 0.309. The van der Waals surface area contributed by atoms with Crippen molar-refractivity contribution < 1.29 is 14.7 Å². The number of aliphatic hydroxyl groups is 1. The zero-order valence-corrected chi connectivity index (χ0v) is 16.9. The van der Waals surface area contributed by atoms with Gasteiger partial charge in [0.1, 0.15) is 23.9 Å². The summed E-state index contributed by atoms with van der Waals surface area (Å²) in [4.78, 5) is 27.4. The maximum absolute atomic E-state index is 11.1. The Morgan fingerprint density at radius 3 is 2.73 bits per heavy atom. The van der Waals surface area contributed by atoms with Crippen LogP contribution in [0.5, 0.6) is 0 Å². The van der Waals surface area contributed by atoms with Crippen LogP contribution in [0, 0.1) is 23.7 Å². The van der Waals surface area contributed by atoms with E-state index in [1.807, 2.05) is 25.1 Å². The number of benzene rings is 1. The van der Waals surface area contributed by atoms with Crippen molar-refractivity contribution in [3.63, 3.8) is 0 Å². The Bertz CT molecular complexity index is 967. The predicted molar refractivity (Wildman–Crippen MR) is 116 cm³/mol. The van der Waals surface area contributed by atoms with E-state index < -0.39 is 12.0 Å². The molecule has 3 atom stereocenters. The molecule has 0 saturated heterocycles. The molecule has 0 radical (unpaired) electrons. The van der Waals surface area contributed by atoms with E-state index >= 15 is 0 Å². The molecule has 1 fully saturated rings. The molecule has 8 heteroatoms. The second-order valence-electron chi connectivity index (χ2n) is 7.05. The molecule has 1 aromatic heterocycles. The lowest BCUT2D eigenvalue weighted by Gasteiger charge is -2.10. The average molecular weight is 407 g/mol. The van der Waals surface area contributed by atoms with Crippen molar-refractivity contribution in [1.82, 2.24) is 9.88 Å². The molecule has 156 valence electrons. The standard InChI is InChI=1S/C15H12N4O.C7H13NO2/c1-2-10-5-3-6-11(9-10)19-15-12(7-4-8-18-15)13(16)14(17)20;1-8(2)6-3-5(6)7(10)4-9/h1,3-9,16H,(H2,17,20)(H,18,19);4-7,10H,3H2,1-2H3. The minimum Gasteiger partial charge on any atom is -0.385 e. The van der Waals surface area contributed by atoms with E-state index in [1.165, 1.54) is 0 Å². The van der Waals surface area contributed by atoms with Crippen molar-refractivity contribution >= 4 is 29.4 Å². The number of pyridine rings is 1. The molecule has 1 aromatic carbocycles. The highest BCUT2D eigenvalue weighted by Crippen LogP contribution is 2.36. The number of amides is 1. The first-order chi connectivity index (χ1) is 14.3. The third-order valence-corrected chi connectivity index (χ3v) is 4.66. The number of aromatic nitrogens is 1. The number of hydrogen-bond acceptors (Lipinski definition) is 7. The highest BCUT2D eigenvalue weighted by Gasteiger charge is 2.43. The van der Waals surface area contributed by atoms with Gasteiger partial charge in [-0.05, 0) is 50.8 Å². The van der Waals surface area contributed by atoms with E-state index in [-0.39, 0.29) is 11.6 Å². The molecule has 0 aliphatic heterocycles. The van der Waals surface area contributed by atoms with Crippen LogP contribution in [-0.2, 0) is 9.59 Å². The number of primary amides is 1. The third-order valence-electron chi connectivity index (χ3n) is 4.66. The van der Waals surface area contributed by atoms with E-state index in [4.69, 9.17) is 22.7 Å². The van der Waals surface area contributed by atoms with Gasteiger partial charge in [0.15, 0.2) is 0 Å². The van der Waals surface area contributed by atoms with Gasteiger partial charge in [-0.3, -0.25) is 10.2 Å². The molecule has 0 spiro atoms. The molecule has 2 aromatic rings. The fraction of sp³-hybridized carbons (Fsp3) is 0.273. The molecule has 1 amide bonds. The molecule has 8 nitrogen and oxygen atoms in total. The Labute approximate surface area is 175 Å². The Hall–Kier alpha value is -3.54. The lowest BCUT2D eigenvalue weighted by Crippen LogP contribution is -2.24. The van der Waals surface area contributed by atoms with E-state index in [9.17, 15) is 9.59 Å². The van der Waals surface area contributed by atoms with Gasteiger partial charge in [0.2, 0.25) is 0 Å². The third kappa shape index (κ3) is 5.98. The van der Waals surface area contributed by atoms with Crippen molar-refractivity contribution in [2.24, 2.45) is 11.7 Å². The molecule has 1 aliphatic carbocycles.